The van der Waals surface area contributed by atoms with Crippen LogP contribution >= 0.6 is 11.6 Å². The molecule has 1 aromatic heterocycles. The highest BCUT2D eigenvalue weighted by atomic mass is 35.5. The topological polar surface area (TPSA) is 101 Å². The molecule has 2 aromatic rings. The first-order chi connectivity index (χ1) is 11.6. The Bertz CT molecular complexity index is 728. The average Bonchev–Trinajstić information content (AvgIpc) is 2.58. The molecule has 1 aromatic carbocycles. The van der Waals surface area contributed by atoms with Crippen molar-refractivity contribution in [2.24, 2.45) is 5.73 Å². The third-order valence-electron chi connectivity index (χ3n) is 3.58. The lowest BCUT2D eigenvalue weighted by Gasteiger charge is -2.06. The molecule has 4 N–H and O–H groups in total. The largest absolute Gasteiger partial charge is 0.352 e. The van der Waals surface area contributed by atoms with Crippen molar-refractivity contribution in [2.45, 2.75) is 25.7 Å². The Morgan fingerprint density at radius 3 is 2.54 bits per heavy atom. The first-order valence-electron chi connectivity index (χ1n) is 7.95. The molecule has 0 aliphatic rings. The SMILES string of the molecule is NCCCCCCNC(=O)c1cnc(-c2ccc(Cl)cc2)[nH]c1=O. The van der Waals surface area contributed by atoms with Gasteiger partial charge in [0.25, 0.3) is 11.5 Å². The number of nitrogens with two attached hydrogens (primary N) is 1. The Balaban J connectivity index is 1.95. The van der Waals surface area contributed by atoms with E-state index < -0.39 is 11.5 Å². The van der Waals surface area contributed by atoms with Crippen molar-refractivity contribution in [2.75, 3.05) is 13.1 Å². The Kier molecular flexibility index (Phi) is 6.96. The Hall–Kier alpha value is -2.18. The van der Waals surface area contributed by atoms with E-state index >= 15 is 0 Å². The van der Waals surface area contributed by atoms with Crippen molar-refractivity contribution in [3.63, 3.8) is 0 Å². The summed E-state index contributed by atoms with van der Waals surface area (Å²) in [6, 6.07) is 6.92. The number of aromatic amines is 1. The fourth-order valence-electron chi connectivity index (χ4n) is 2.23. The summed E-state index contributed by atoms with van der Waals surface area (Å²) < 4.78 is 0. The third kappa shape index (κ3) is 5.18. The van der Waals surface area contributed by atoms with Crippen molar-refractivity contribution < 1.29 is 4.79 Å². The molecule has 2 rings (SSSR count). The third-order valence-corrected chi connectivity index (χ3v) is 3.83. The number of aromatic nitrogens is 2. The molecule has 0 aliphatic heterocycles. The number of nitrogens with zero attached hydrogens (tertiary/aromatic N) is 1. The summed E-state index contributed by atoms with van der Waals surface area (Å²) in [5, 5.41) is 3.34. The second-order valence-corrected chi connectivity index (χ2v) is 5.88. The van der Waals surface area contributed by atoms with Crippen LogP contribution in [-0.2, 0) is 0 Å². The van der Waals surface area contributed by atoms with Crippen LogP contribution in [0.1, 0.15) is 36.0 Å². The van der Waals surface area contributed by atoms with E-state index in [1.54, 1.807) is 24.3 Å². The van der Waals surface area contributed by atoms with Crippen LogP contribution in [0.25, 0.3) is 11.4 Å². The zero-order valence-corrected chi connectivity index (χ0v) is 14.1. The molecular formula is C17H21ClN4O2. The first-order valence-corrected chi connectivity index (χ1v) is 8.33. The summed E-state index contributed by atoms with van der Waals surface area (Å²) >= 11 is 5.83. The number of carbonyl (C=O) groups excluding carboxylic acids is 1. The highest BCUT2D eigenvalue weighted by Gasteiger charge is 2.12. The quantitative estimate of drug-likeness (QED) is 0.637. The summed E-state index contributed by atoms with van der Waals surface area (Å²) in [7, 11) is 0. The Morgan fingerprint density at radius 2 is 1.88 bits per heavy atom. The van der Waals surface area contributed by atoms with E-state index in [9.17, 15) is 9.59 Å². The molecule has 0 radical (unpaired) electrons. The normalized spacial score (nSPS) is 10.6. The maximum atomic E-state index is 12.1. The number of hydrogen-bond donors (Lipinski definition) is 3. The molecule has 0 unspecified atom stereocenters. The molecule has 0 atom stereocenters. The lowest BCUT2D eigenvalue weighted by molar-refractivity contribution is 0.0951. The van der Waals surface area contributed by atoms with E-state index in [0.717, 1.165) is 31.2 Å². The molecule has 0 spiro atoms. The molecule has 0 saturated carbocycles. The van der Waals surface area contributed by atoms with Crippen molar-refractivity contribution in [1.82, 2.24) is 15.3 Å². The zero-order chi connectivity index (χ0) is 17.4. The number of benzene rings is 1. The van der Waals surface area contributed by atoms with Gasteiger partial charge in [0.05, 0.1) is 0 Å². The predicted octanol–water partition coefficient (Wildman–Crippen LogP) is 2.34. The van der Waals surface area contributed by atoms with Crippen molar-refractivity contribution in [3.05, 3.63) is 51.4 Å². The lowest BCUT2D eigenvalue weighted by Crippen LogP contribution is -2.30. The number of hydrogen-bond acceptors (Lipinski definition) is 4. The van der Waals surface area contributed by atoms with Crippen LogP contribution in [0.15, 0.2) is 35.3 Å². The van der Waals surface area contributed by atoms with Gasteiger partial charge in [-0.1, -0.05) is 24.4 Å². The van der Waals surface area contributed by atoms with Crippen molar-refractivity contribution in [3.8, 4) is 11.4 Å². The van der Waals surface area contributed by atoms with Crippen LogP contribution in [0, 0.1) is 0 Å². The molecule has 0 fully saturated rings. The molecule has 0 saturated heterocycles. The van der Waals surface area contributed by atoms with Crippen LogP contribution in [-0.4, -0.2) is 29.0 Å². The number of nitrogens with one attached hydrogen (secondary N) is 2. The molecule has 1 amide bonds. The van der Waals surface area contributed by atoms with Gasteiger partial charge in [-0.15, -0.1) is 0 Å². The predicted molar refractivity (Wildman–Crippen MR) is 95.2 cm³/mol. The van der Waals surface area contributed by atoms with Gasteiger partial charge >= 0.3 is 0 Å². The standard InChI is InChI=1S/C17H21ClN4O2/c18-13-7-5-12(6-8-13)15-21-11-14(17(24)22-15)16(23)20-10-4-2-1-3-9-19/h5-8,11H,1-4,9-10,19H2,(H,20,23)(H,21,22,24). The molecular weight excluding hydrogens is 328 g/mol. The molecule has 6 nitrogen and oxygen atoms in total. The number of amides is 1. The Morgan fingerprint density at radius 1 is 1.17 bits per heavy atom. The van der Waals surface area contributed by atoms with Crippen LogP contribution in [0.4, 0.5) is 0 Å². The molecule has 0 bridgehead atoms. The summed E-state index contributed by atoms with van der Waals surface area (Å²) in [5.74, 6) is -0.0137. The zero-order valence-electron chi connectivity index (χ0n) is 13.3. The van der Waals surface area contributed by atoms with Crippen LogP contribution in [0.3, 0.4) is 0 Å². The van der Waals surface area contributed by atoms with E-state index in [1.165, 1.54) is 6.20 Å². The van der Waals surface area contributed by atoms with Crippen LogP contribution in [0.2, 0.25) is 5.02 Å². The number of carbonyl (C=O) groups is 1. The molecule has 128 valence electrons. The molecule has 1 heterocycles. The van der Waals surface area contributed by atoms with Crippen LogP contribution < -0.4 is 16.6 Å². The highest BCUT2D eigenvalue weighted by Crippen LogP contribution is 2.16. The molecule has 7 heteroatoms. The maximum absolute atomic E-state index is 12.1. The minimum atomic E-state index is -0.462. The highest BCUT2D eigenvalue weighted by molar-refractivity contribution is 6.30. The van der Waals surface area contributed by atoms with E-state index in [-0.39, 0.29) is 5.56 Å². The van der Waals surface area contributed by atoms with Gasteiger partial charge in [-0.2, -0.15) is 0 Å². The first kappa shape index (κ1) is 18.2. The van der Waals surface area contributed by atoms with E-state index in [4.69, 9.17) is 17.3 Å². The van der Waals surface area contributed by atoms with Gasteiger partial charge in [-0.25, -0.2) is 4.98 Å². The number of unbranched alkanes of at least 4 members (excludes halogenated alkanes) is 3. The van der Waals surface area contributed by atoms with Gasteiger partial charge in [0.15, 0.2) is 0 Å². The smallest absolute Gasteiger partial charge is 0.264 e. The monoisotopic (exact) mass is 348 g/mol. The minimum absolute atomic E-state index is 0.00896. The van der Waals surface area contributed by atoms with Crippen LogP contribution in [0.5, 0.6) is 0 Å². The summed E-state index contributed by atoms with van der Waals surface area (Å²) in [6.07, 6.45) is 5.20. The summed E-state index contributed by atoms with van der Waals surface area (Å²) in [5.41, 5.74) is 5.70. The van der Waals surface area contributed by atoms with Crippen molar-refractivity contribution >= 4 is 17.5 Å². The van der Waals surface area contributed by atoms with E-state index in [2.05, 4.69) is 15.3 Å². The fraction of sp³-hybridized carbons (Fsp3) is 0.353. The summed E-state index contributed by atoms with van der Waals surface area (Å²) in [4.78, 5) is 30.9. The van der Waals surface area contributed by atoms with E-state index in [1.807, 2.05) is 0 Å². The Labute approximate surface area is 145 Å². The van der Waals surface area contributed by atoms with Gasteiger partial charge < -0.3 is 16.0 Å². The number of halogens is 1. The second-order valence-electron chi connectivity index (χ2n) is 5.44. The van der Waals surface area contributed by atoms with Crippen molar-refractivity contribution in [1.29, 1.82) is 0 Å². The molecule has 0 aliphatic carbocycles. The fourth-order valence-corrected chi connectivity index (χ4v) is 2.36. The molecule has 24 heavy (non-hydrogen) atoms. The average molecular weight is 349 g/mol. The lowest BCUT2D eigenvalue weighted by atomic mass is 10.2. The van der Waals surface area contributed by atoms with Gasteiger partial charge in [0.2, 0.25) is 0 Å². The van der Waals surface area contributed by atoms with Gasteiger partial charge in [0.1, 0.15) is 11.4 Å². The van der Waals surface area contributed by atoms with Gasteiger partial charge in [-0.3, -0.25) is 9.59 Å². The van der Waals surface area contributed by atoms with Gasteiger partial charge in [0, 0.05) is 23.3 Å². The summed E-state index contributed by atoms with van der Waals surface area (Å²) in [6.45, 7) is 1.22. The maximum Gasteiger partial charge on any atom is 0.264 e. The van der Waals surface area contributed by atoms with E-state index in [0.29, 0.717) is 23.9 Å². The minimum Gasteiger partial charge on any atom is -0.352 e. The second kappa shape index (κ2) is 9.20. The van der Waals surface area contributed by atoms with Gasteiger partial charge in [-0.05, 0) is 43.7 Å². The number of H-pyrrole nitrogens is 1. The number of rotatable bonds is 8.